The third-order valence-electron chi connectivity index (χ3n) is 4.06. The molecule has 1 aliphatic carbocycles. The van der Waals surface area contributed by atoms with E-state index in [1.54, 1.807) is 7.11 Å². The molecule has 0 unspecified atom stereocenters. The first kappa shape index (κ1) is 17.4. The topological polar surface area (TPSA) is 89.5 Å². The lowest BCUT2D eigenvalue weighted by atomic mass is 9.69. The molecule has 6 nitrogen and oxygen atoms in total. The highest BCUT2D eigenvalue weighted by molar-refractivity contribution is 7.90. The van der Waals surface area contributed by atoms with Crippen LogP contribution in [0.3, 0.4) is 0 Å². The molecule has 8 heteroatoms. The minimum atomic E-state index is -3.65. The Morgan fingerprint density at radius 2 is 1.64 bits per heavy atom. The van der Waals surface area contributed by atoms with Crippen molar-refractivity contribution in [3.8, 4) is 0 Å². The standard InChI is InChI=1S/C14H21NO5S2/c1-20-11-14(8-3-9-14)10-15-22(18,19)13-6-4-12(5-7-13)21(2,16)17/h4-7,15H,3,8-11H2,1-2H3. The molecule has 0 spiro atoms. The number of rotatable bonds is 7. The largest absolute Gasteiger partial charge is 0.384 e. The van der Waals surface area contributed by atoms with Gasteiger partial charge in [-0.15, -0.1) is 0 Å². The molecule has 1 saturated carbocycles. The lowest BCUT2D eigenvalue weighted by molar-refractivity contribution is 0.0220. The van der Waals surface area contributed by atoms with Gasteiger partial charge in [0.25, 0.3) is 0 Å². The fraction of sp³-hybridized carbons (Fsp3) is 0.571. The van der Waals surface area contributed by atoms with Gasteiger partial charge in [0.05, 0.1) is 16.4 Å². The van der Waals surface area contributed by atoms with Gasteiger partial charge < -0.3 is 4.74 Å². The molecular weight excluding hydrogens is 326 g/mol. The Hall–Kier alpha value is -0.960. The smallest absolute Gasteiger partial charge is 0.240 e. The molecule has 0 aliphatic heterocycles. The molecule has 1 aliphatic rings. The molecule has 1 fully saturated rings. The molecule has 0 saturated heterocycles. The maximum Gasteiger partial charge on any atom is 0.240 e. The number of hydrogen-bond acceptors (Lipinski definition) is 5. The quantitative estimate of drug-likeness (QED) is 0.800. The van der Waals surface area contributed by atoms with Gasteiger partial charge in [-0.3, -0.25) is 0 Å². The van der Waals surface area contributed by atoms with Crippen molar-refractivity contribution in [2.24, 2.45) is 5.41 Å². The van der Waals surface area contributed by atoms with E-state index in [2.05, 4.69) is 4.72 Å². The third-order valence-corrected chi connectivity index (χ3v) is 6.61. The molecule has 1 N–H and O–H groups in total. The van der Waals surface area contributed by atoms with E-state index in [1.165, 1.54) is 24.3 Å². The Morgan fingerprint density at radius 1 is 1.09 bits per heavy atom. The van der Waals surface area contributed by atoms with Crippen LogP contribution in [0.1, 0.15) is 19.3 Å². The van der Waals surface area contributed by atoms with Crippen molar-refractivity contribution in [1.29, 1.82) is 0 Å². The number of methoxy groups -OCH3 is 1. The number of sulfone groups is 1. The number of nitrogens with one attached hydrogen (secondary N) is 1. The van der Waals surface area contributed by atoms with Crippen LogP contribution in [-0.4, -0.2) is 43.4 Å². The minimum Gasteiger partial charge on any atom is -0.384 e. The summed E-state index contributed by atoms with van der Waals surface area (Å²) in [5.74, 6) is 0. The summed E-state index contributed by atoms with van der Waals surface area (Å²) in [6, 6.07) is 5.22. The molecule has 124 valence electrons. The summed E-state index contributed by atoms with van der Waals surface area (Å²) in [5, 5.41) is 0. The highest BCUT2D eigenvalue weighted by Crippen LogP contribution is 2.40. The van der Waals surface area contributed by atoms with E-state index in [1.807, 2.05) is 0 Å². The van der Waals surface area contributed by atoms with E-state index in [-0.39, 0.29) is 15.2 Å². The number of sulfonamides is 1. The molecule has 0 bridgehead atoms. The molecule has 2 rings (SSSR count). The van der Waals surface area contributed by atoms with Crippen LogP contribution in [0.2, 0.25) is 0 Å². The highest BCUT2D eigenvalue weighted by Gasteiger charge is 2.38. The Balaban J connectivity index is 2.10. The van der Waals surface area contributed by atoms with E-state index >= 15 is 0 Å². The zero-order valence-electron chi connectivity index (χ0n) is 12.7. The normalized spacial score (nSPS) is 17.9. The molecule has 22 heavy (non-hydrogen) atoms. The monoisotopic (exact) mass is 347 g/mol. The fourth-order valence-corrected chi connectivity index (χ4v) is 4.34. The van der Waals surface area contributed by atoms with Crippen molar-refractivity contribution in [3.05, 3.63) is 24.3 Å². The summed E-state index contributed by atoms with van der Waals surface area (Å²) in [4.78, 5) is 0.160. The predicted molar refractivity (Wildman–Crippen MR) is 82.9 cm³/mol. The Bertz CT molecular complexity index is 719. The predicted octanol–water partition coefficient (Wildman–Crippen LogP) is 1.19. The fourth-order valence-electron chi connectivity index (χ4n) is 2.55. The molecule has 0 heterocycles. The van der Waals surface area contributed by atoms with Gasteiger partial charge in [0.2, 0.25) is 10.0 Å². The lowest BCUT2D eigenvalue weighted by Gasteiger charge is -2.41. The first-order valence-corrected chi connectivity index (χ1v) is 10.3. The maximum atomic E-state index is 12.3. The molecule has 0 amide bonds. The summed E-state index contributed by atoms with van der Waals surface area (Å²) in [7, 11) is -5.38. The van der Waals surface area contributed by atoms with Gasteiger partial charge in [-0.25, -0.2) is 21.6 Å². The van der Waals surface area contributed by atoms with Crippen LogP contribution < -0.4 is 4.72 Å². The van der Waals surface area contributed by atoms with E-state index in [0.29, 0.717) is 13.2 Å². The summed E-state index contributed by atoms with van der Waals surface area (Å²) in [5.41, 5.74) is -0.117. The first-order valence-electron chi connectivity index (χ1n) is 6.97. The molecular formula is C14H21NO5S2. The van der Waals surface area contributed by atoms with Gasteiger partial charge in [0, 0.05) is 25.3 Å². The second-order valence-corrected chi connectivity index (χ2v) is 9.64. The maximum absolute atomic E-state index is 12.3. The van der Waals surface area contributed by atoms with Crippen LogP contribution in [0.5, 0.6) is 0 Å². The van der Waals surface area contributed by atoms with Crippen LogP contribution in [-0.2, 0) is 24.6 Å². The van der Waals surface area contributed by atoms with Crippen LogP contribution >= 0.6 is 0 Å². The van der Waals surface area contributed by atoms with Gasteiger partial charge in [-0.1, -0.05) is 6.42 Å². The van der Waals surface area contributed by atoms with E-state index in [9.17, 15) is 16.8 Å². The second-order valence-electron chi connectivity index (χ2n) is 5.85. The average Bonchev–Trinajstić information content (AvgIpc) is 2.41. The minimum absolute atomic E-state index is 0.0618. The molecule has 0 radical (unpaired) electrons. The Kier molecular flexibility index (Phi) is 4.96. The molecule has 0 atom stereocenters. The Labute approximate surface area is 131 Å². The highest BCUT2D eigenvalue weighted by atomic mass is 32.2. The van der Waals surface area contributed by atoms with Gasteiger partial charge in [-0.05, 0) is 37.1 Å². The zero-order valence-corrected chi connectivity index (χ0v) is 14.3. The van der Waals surface area contributed by atoms with Crippen LogP contribution in [0.4, 0.5) is 0 Å². The third kappa shape index (κ3) is 3.87. The van der Waals surface area contributed by atoms with Crippen molar-refractivity contribution >= 4 is 19.9 Å². The van der Waals surface area contributed by atoms with Crippen molar-refractivity contribution in [3.63, 3.8) is 0 Å². The summed E-state index contributed by atoms with van der Waals surface area (Å²) in [6.45, 7) is 0.861. The molecule has 0 aromatic heterocycles. The number of ether oxygens (including phenoxy) is 1. The zero-order chi connectivity index (χ0) is 16.4. The van der Waals surface area contributed by atoms with E-state index in [0.717, 1.165) is 25.5 Å². The van der Waals surface area contributed by atoms with Gasteiger partial charge in [0.1, 0.15) is 0 Å². The van der Waals surface area contributed by atoms with Crippen molar-refractivity contribution < 1.29 is 21.6 Å². The summed E-state index contributed by atoms with van der Waals surface area (Å²) >= 11 is 0. The average molecular weight is 347 g/mol. The van der Waals surface area contributed by atoms with Crippen LogP contribution in [0, 0.1) is 5.41 Å². The SMILES string of the molecule is COCC1(CNS(=O)(=O)c2ccc(S(C)(=O)=O)cc2)CCC1. The lowest BCUT2D eigenvalue weighted by Crippen LogP contribution is -2.45. The van der Waals surface area contributed by atoms with Crippen molar-refractivity contribution in [1.82, 2.24) is 4.72 Å². The van der Waals surface area contributed by atoms with Crippen LogP contribution in [0.25, 0.3) is 0 Å². The molecule has 1 aromatic carbocycles. The van der Waals surface area contributed by atoms with E-state index < -0.39 is 19.9 Å². The number of hydrogen-bond donors (Lipinski definition) is 1. The van der Waals surface area contributed by atoms with Gasteiger partial charge in [0.15, 0.2) is 9.84 Å². The summed E-state index contributed by atoms with van der Waals surface area (Å²) < 4.78 is 55.1. The van der Waals surface area contributed by atoms with Crippen LogP contribution in [0.15, 0.2) is 34.1 Å². The van der Waals surface area contributed by atoms with Crippen molar-refractivity contribution in [2.45, 2.75) is 29.1 Å². The first-order chi connectivity index (χ1) is 10.2. The molecule has 1 aromatic rings. The van der Waals surface area contributed by atoms with Gasteiger partial charge >= 0.3 is 0 Å². The Morgan fingerprint density at radius 3 is 2.05 bits per heavy atom. The van der Waals surface area contributed by atoms with Crippen molar-refractivity contribution in [2.75, 3.05) is 26.5 Å². The van der Waals surface area contributed by atoms with E-state index in [4.69, 9.17) is 4.74 Å². The van der Waals surface area contributed by atoms with Gasteiger partial charge in [-0.2, -0.15) is 0 Å². The number of benzene rings is 1. The summed E-state index contributed by atoms with van der Waals surface area (Å²) in [6.07, 6.45) is 4.04. The second kappa shape index (κ2) is 6.27.